The van der Waals surface area contributed by atoms with Crippen LogP contribution < -0.4 is 10.6 Å². The third-order valence-corrected chi connectivity index (χ3v) is 7.41. The van der Waals surface area contributed by atoms with Gasteiger partial charge in [-0.05, 0) is 6.42 Å². The van der Waals surface area contributed by atoms with E-state index in [0.29, 0.717) is 36.4 Å². The largest absolute Gasteiger partial charge is 0.373 e. The second-order valence-electron chi connectivity index (χ2n) is 7.64. The normalized spacial score (nSPS) is 26.0. The van der Waals surface area contributed by atoms with Gasteiger partial charge in [-0.15, -0.1) is 0 Å². The molecule has 0 amide bonds. The number of fused-ring (bicyclic) bond motifs is 1. The lowest BCUT2D eigenvalue weighted by molar-refractivity contribution is 0.0656. The van der Waals surface area contributed by atoms with Crippen LogP contribution in [0.25, 0.3) is 0 Å². The molecule has 2 N–H and O–H groups in total. The highest BCUT2D eigenvalue weighted by Crippen LogP contribution is 2.34. The van der Waals surface area contributed by atoms with Crippen molar-refractivity contribution >= 4 is 38.9 Å². The van der Waals surface area contributed by atoms with Crippen LogP contribution in [-0.4, -0.2) is 71.1 Å². The van der Waals surface area contributed by atoms with Gasteiger partial charge in [0.1, 0.15) is 11.1 Å². The molecule has 0 radical (unpaired) electrons. The minimum atomic E-state index is -3.11. The predicted molar refractivity (Wildman–Crippen MR) is 113 cm³/mol. The third kappa shape index (κ3) is 4.69. The number of sulfone groups is 1. The number of nitrogens with one attached hydrogen (secondary N) is 2. The van der Waals surface area contributed by atoms with Crippen molar-refractivity contribution in [1.82, 2.24) is 19.7 Å². The number of aromatic nitrogens is 4. The molecular formula is C18H25ClN6O4S. The van der Waals surface area contributed by atoms with Gasteiger partial charge >= 0.3 is 0 Å². The van der Waals surface area contributed by atoms with Crippen molar-refractivity contribution in [3.63, 3.8) is 0 Å². The lowest BCUT2D eigenvalue weighted by Gasteiger charge is -2.19. The smallest absolute Gasteiger partial charge is 0.229 e. The molecule has 2 aromatic rings. The molecule has 0 spiro atoms. The first-order chi connectivity index (χ1) is 14.3. The van der Waals surface area contributed by atoms with Crippen molar-refractivity contribution in [2.45, 2.75) is 31.6 Å². The van der Waals surface area contributed by atoms with Crippen LogP contribution in [0.1, 0.15) is 13.3 Å². The molecule has 0 aromatic carbocycles. The van der Waals surface area contributed by atoms with Crippen LogP contribution in [0.15, 0.2) is 18.6 Å². The fourth-order valence-electron chi connectivity index (χ4n) is 3.88. The Morgan fingerprint density at radius 2 is 2.07 bits per heavy atom. The Kier molecular flexibility index (Phi) is 6.14. The maximum atomic E-state index is 12.2. The summed E-state index contributed by atoms with van der Waals surface area (Å²) in [5.41, 5.74) is 0.755. The van der Waals surface area contributed by atoms with E-state index in [1.807, 2.05) is 14.0 Å². The van der Waals surface area contributed by atoms with Gasteiger partial charge in [-0.25, -0.2) is 13.4 Å². The summed E-state index contributed by atoms with van der Waals surface area (Å²) >= 11 is 6.28. The second kappa shape index (κ2) is 8.66. The van der Waals surface area contributed by atoms with E-state index in [0.717, 1.165) is 5.69 Å². The molecule has 0 aliphatic carbocycles. The number of aryl methyl sites for hydroxylation is 1. The Morgan fingerprint density at radius 3 is 2.80 bits per heavy atom. The number of nitrogens with zero attached hydrogens (tertiary/aromatic N) is 4. The number of rotatable bonds is 8. The van der Waals surface area contributed by atoms with Crippen LogP contribution in [-0.2, 0) is 26.4 Å². The fourth-order valence-corrected chi connectivity index (χ4v) is 5.76. The van der Waals surface area contributed by atoms with E-state index in [1.54, 1.807) is 17.1 Å². The van der Waals surface area contributed by atoms with Crippen LogP contribution in [0.3, 0.4) is 0 Å². The molecule has 4 heterocycles. The van der Waals surface area contributed by atoms with E-state index < -0.39 is 9.84 Å². The highest BCUT2D eigenvalue weighted by Gasteiger charge is 2.48. The molecule has 2 saturated heterocycles. The van der Waals surface area contributed by atoms with Crippen LogP contribution in [0.4, 0.5) is 17.5 Å². The van der Waals surface area contributed by atoms with Gasteiger partial charge in [-0.1, -0.05) is 18.5 Å². The SMILES string of the molecule is CCCS(=O)(=O)C[C@H]1COC2C1OC[C@H]2Nc1nc(Nc2cnn(C)c2)ncc1Cl. The lowest BCUT2D eigenvalue weighted by atomic mass is 10.0. The van der Waals surface area contributed by atoms with Gasteiger partial charge < -0.3 is 20.1 Å². The Hall–Kier alpha value is -1.95. The van der Waals surface area contributed by atoms with E-state index in [9.17, 15) is 8.42 Å². The Morgan fingerprint density at radius 1 is 1.27 bits per heavy atom. The molecule has 10 nitrogen and oxygen atoms in total. The number of hydrogen-bond acceptors (Lipinski definition) is 9. The summed E-state index contributed by atoms with van der Waals surface area (Å²) in [5.74, 6) is 0.940. The Labute approximate surface area is 180 Å². The van der Waals surface area contributed by atoms with E-state index in [2.05, 4.69) is 25.7 Å². The van der Waals surface area contributed by atoms with Crippen LogP contribution >= 0.6 is 11.6 Å². The molecule has 2 aliphatic rings. The minimum Gasteiger partial charge on any atom is -0.373 e. The number of ether oxygens (including phenoxy) is 2. The number of anilines is 3. The molecule has 12 heteroatoms. The van der Waals surface area contributed by atoms with Crippen molar-refractivity contribution in [1.29, 1.82) is 0 Å². The van der Waals surface area contributed by atoms with Gasteiger partial charge in [0.15, 0.2) is 15.7 Å². The standard InChI is InChI=1S/C18H25ClN6O4S/c1-3-4-30(26,27)10-11-8-28-16-14(9-29-15(11)16)23-17-13(19)6-20-18(24-17)22-12-5-21-25(2)7-12/h5-7,11,14-16H,3-4,8-10H2,1-2H3,(H2,20,22,23,24)/t11-,14-,15?,16?/m1/s1. The molecule has 164 valence electrons. The van der Waals surface area contributed by atoms with E-state index in [4.69, 9.17) is 21.1 Å². The Balaban J connectivity index is 1.42. The lowest BCUT2D eigenvalue weighted by Crippen LogP contribution is -2.36. The summed E-state index contributed by atoms with van der Waals surface area (Å²) in [6.07, 6.45) is 5.07. The first-order valence-corrected chi connectivity index (χ1v) is 12.0. The molecule has 2 aliphatic heterocycles. The molecule has 2 aromatic heterocycles. The summed E-state index contributed by atoms with van der Waals surface area (Å²) in [6.45, 7) is 2.60. The van der Waals surface area contributed by atoms with Crippen molar-refractivity contribution in [2.24, 2.45) is 13.0 Å². The second-order valence-corrected chi connectivity index (χ2v) is 10.3. The average molecular weight is 457 g/mol. The summed E-state index contributed by atoms with van der Waals surface area (Å²) in [7, 11) is -1.29. The maximum absolute atomic E-state index is 12.2. The topological polar surface area (TPSA) is 120 Å². The molecular weight excluding hydrogens is 432 g/mol. The quantitative estimate of drug-likeness (QED) is 0.610. The van der Waals surface area contributed by atoms with Crippen LogP contribution in [0.5, 0.6) is 0 Å². The van der Waals surface area contributed by atoms with Gasteiger partial charge in [-0.3, -0.25) is 4.68 Å². The van der Waals surface area contributed by atoms with Gasteiger partial charge in [0.25, 0.3) is 0 Å². The van der Waals surface area contributed by atoms with Crippen molar-refractivity contribution in [3.8, 4) is 0 Å². The minimum absolute atomic E-state index is 0.0855. The summed E-state index contributed by atoms with van der Waals surface area (Å²) in [4.78, 5) is 8.64. The number of hydrogen-bond donors (Lipinski definition) is 2. The number of halogens is 1. The fraction of sp³-hybridized carbons (Fsp3) is 0.611. The first kappa shape index (κ1) is 21.3. The van der Waals surface area contributed by atoms with Gasteiger partial charge in [0.05, 0.1) is 49.2 Å². The van der Waals surface area contributed by atoms with E-state index >= 15 is 0 Å². The van der Waals surface area contributed by atoms with E-state index in [-0.39, 0.29) is 35.7 Å². The van der Waals surface area contributed by atoms with Crippen LogP contribution in [0.2, 0.25) is 5.02 Å². The molecule has 0 bridgehead atoms. The van der Waals surface area contributed by atoms with Crippen molar-refractivity contribution < 1.29 is 17.9 Å². The molecule has 30 heavy (non-hydrogen) atoms. The van der Waals surface area contributed by atoms with Crippen LogP contribution in [0, 0.1) is 5.92 Å². The van der Waals surface area contributed by atoms with Gasteiger partial charge in [0.2, 0.25) is 5.95 Å². The van der Waals surface area contributed by atoms with Crippen molar-refractivity contribution in [3.05, 3.63) is 23.6 Å². The molecule has 4 rings (SSSR count). The monoisotopic (exact) mass is 456 g/mol. The summed E-state index contributed by atoms with van der Waals surface area (Å²) in [6, 6.07) is -0.187. The molecule has 2 fully saturated rings. The molecule has 4 atom stereocenters. The van der Waals surface area contributed by atoms with Gasteiger partial charge in [-0.2, -0.15) is 10.1 Å². The predicted octanol–water partition coefficient (Wildman–Crippen LogP) is 1.63. The zero-order valence-electron chi connectivity index (χ0n) is 16.8. The average Bonchev–Trinajstić information content (AvgIpc) is 3.37. The summed E-state index contributed by atoms with van der Waals surface area (Å²) < 4.78 is 37.9. The molecule has 0 saturated carbocycles. The maximum Gasteiger partial charge on any atom is 0.229 e. The highest BCUT2D eigenvalue weighted by molar-refractivity contribution is 7.91. The summed E-state index contributed by atoms with van der Waals surface area (Å²) in [5, 5.41) is 10.8. The van der Waals surface area contributed by atoms with Gasteiger partial charge in [0, 0.05) is 24.9 Å². The third-order valence-electron chi connectivity index (χ3n) is 5.17. The van der Waals surface area contributed by atoms with E-state index in [1.165, 1.54) is 6.20 Å². The van der Waals surface area contributed by atoms with Crippen molar-refractivity contribution in [2.75, 3.05) is 35.4 Å². The highest BCUT2D eigenvalue weighted by atomic mass is 35.5. The molecule has 2 unspecified atom stereocenters. The first-order valence-electron chi connectivity index (χ1n) is 9.83. The zero-order valence-corrected chi connectivity index (χ0v) is 18.4. The zero-order chi connectivity index (χ0) is 21.3. The Bertz CT molecular complexity index is 1000.